The summed E-state index contributed by atoms with van der Waals surface area (Å²) in [5.41, 5.74) is 0. The average Bonchev–Trinajstić information content (AvgIpc) is 2.65. The summed E-state index contributed by atoms with van der Waals surface area (Å²) in [6.07, 6.45) is 9.46. The van der Waals surface area contributed by atoms with Gasteiger partial charge in [-0.05, 0) is 20.4 Å². The van der Waals surface area contributed by atoms with Gasteiger partial charge in [-0.25, -0.2) is 0 Å². The predicted molar refractivity (Wildman–Crippen MR) is 72.8 cm³/mol. The van der Waals surface area contributed by atoms with Crippen molar-refractivity contribution in [2.45, 2.75) is 71.2 Å². The Hall–Kier alpha value is -0.120. The van der Waals surface area contributed by atoms with Gasteiger partial charge in [0.15, 0.2) is 0 Å². The quantitative estimate of drug-likeness (QED) is 0.663. The summed E-state index contributed by atoms with van der Waals surface area (Å²) >= 11 is 0. The molecule has 1 saturated heterocycles. The number of aliphatic hydroxyl groups is 1. The van der Waals surface area contributed by atoms with E-state index in [1.165, 1.54) is 44.9 Å². The van der Waals surface area contributed by atoms with Crippen LogP contribution < -0.4 is 0 Å². The fourth-order valence-electron chi connectivity index (χ4n) is 2.75. The summed E-state index contributed by atoms with van der Waals surface area (Å²) < 4.78 is 0. The van der Waals surface area contributed by atoms with E-state index >= 15 is 0 Å². The standard InChI is InChI=1S/C14H30N2O/c1-4-5-6-7-8-9-10-14-15(3)11-12-16(14)13(2)17/h13-14,17H,4-12H2,1-3H3. The van der Waals surface area contributed by atoms with E-state index in [4.69, 9.17) is 0 Å². The molecule has 0 amide bonds. The van der Waals surface area contributed by atoms with E-state index in [9.17, 15) is 5.11 Å². The minimum Gasteiger partial charge on any atom is -0.379 e. The molecular formula is C14H30N2O. The normalized spacial score (nSPS) is 24.4. The Morgan fingerprint density at radius 3 is 2.41 bits per heavy atom. The van der Waals surface area contributed by atoms with Crippen LogP contribution >= 0.6 is 0 Å². The van der Waals surface area contributed by atoms with Crippen molar-refractivity contribution < 1.29 is 5.11 Å². The van der Waals surface area contributed by atoms with Gasteiger partial charge in [0, 0.05) is 13.1 Å². The third-order valence-corrected chi connectivity index (χ3v) is 3.90. The van der Waals surface area contributed by atoms with Crippen molar-refractivity contribution in [3.63, 3.8) is 0 Å². The number of hydrogen-bond donors (Lipinski definition) is 1. The number of likely N-dealkylation sites (N-methyl/N-ethyl adjacent to an activating group) is 1. The van der Waals surface area contributed by atoms with Crippen LogP contribution in [0.1, 0.15) is 58.8 Å². The van der Waals surface area contributed by atoms with Crippen LogP contribution in [0.4, 0.5) is 0 Å². The fraction of sp³-hybridized carbons (Fsp3) is 1.00. The minimum atomic E-state index is -0.301. The molecule has 17 heavy (non-hydrogen) atoms. The SMILES string of the molecule is CCCCCCCCC1N(C)CCN1C(C)O. The van der Waals surface area contributed by atoms with E-state index in [1.54, 1.807) is 0 Å². The molecule has 2 unspecified atom stereocenters. The Morgan fingerprint density at radius 2 is 1.76 bits per heavy atom. The van der Waals surface area contributed by atoms with Gasteiger partial charge in [0.2, 0.25) is 0 Å². The van der Waals surface area contributed by atoms with Gasteiger partial charge in [0.05, 0.1) is 6.17 Å². The first-order chi connectivity index (χ1) is 8.16. The fourth-order valence-corrected chi connectivity index (χ4v) is 2.75. The third-order valence-electron chi connectivity index (χ3n) is 3.90. The Labute approximate surface area is 107 Å². The molecule has 3 nitrogen and oxygen atoms in total. The first-order valence-corrected chi connectivity index (χ1v) is 7.31. The van der Waals surface area contributed by atoms with Gasteiger partial charge in [-0.15, -0.1) is 0 Å². The zero-order valence-electron chi connectivity index (χ0n) is 11.9. The molecule has 0 radical (unpaired) electrons. The molecule has 1 fully saturated rings. The van der Waals surface area contributed by atoms with Crippen molar-refractivity contribution >= 4 is 0 Å². The zero-order valence-corrected chi connectivity index (χ0v) is 11.9. The first kappa shape index (κ1) is 14.9. The summed E-state index contributed by atoms with van der Waals surface area (Å²) in [5, 5.41) is 9.71. The van der Waals surface area contributed by atoms with Crippen molar-refractivity contribution in [3.05, 3.63) is 0 Å². The van der Waals surface area contributed by atoms with E-state index < -0.39 is 0 Å². The van der Waals surface area contributed by atoms with Crippen LogP contribution in [0.5, 0.6) is 0 Å². The van der Waals surface area contributed by atoms with Gasteiger partial charge >= 0.3 is 0 Å². The molecule has 0 spiro atoms. The molecule has 1 aliphatic heterocycles. The highest BCUT2D eigenvalue weighted by atomic mass is 16.3. The summed E-state index contributed by atoms with van der Waals surface area (Å²) in [5.74, 6) is 0. The van der Waals surface area contributed by atoms with Gasteiger partial charge in [-0.1, -0.05) is 45.4 Å². The van der Waals surface area contributed by atoms with Crippen molar-refractivity contribution in [1.82, 2.24) is 9.80 Å². The average molecular weight is 242 g/mol. The second-order valence-electron chi connectivity index (χ2n) is 5.39. The molecule has 1 rings (SSSR count). The summed E-state index contributed by atoms with van der Waals surface area (Å²) in [7, 11) is 2.17. The van der Waals surface area contributed by atoms with Crippen molar-refractivity contribution in [2.75, 3.05) is 20.1 Å². The van der Waals surface area contributed by atoms with Gasteiger partial charge in [0.1, 0.15) is 6.23 Å². The maximum Gasteiger partial charge on any atom is 0.105 e. The summed E-state index contributed by atoms with van der Waals surface area (Å²) in [4.78, 5) is 4.59. The summed E-state index contributed by atoms with van der Waals surface area (Å²) in [6, 6.07) is 0. The molecular weight excluding hydrogens is 212 g/mol. The largest absolute Gasteiger partial charge is 0.379 e. The van der Waals surface area contributed by atoms with Crippen LogP contribution in [0.2, 0.25) is 0 Å². The molecule has 1 aliphatic rings. The van der Waals surface area contributed by atoms with Crippen molar-refractivity contribution in [1.29, 1.82) is 0 Å². The van der Waals surface area contributed by atoms with Crippen molar-refractivity contribution in [2.24, 2.45) is 0 Å². The zero-order chi connectivity index (χ0) is 12.7. The molecule has 0 aliphatic carbocycles. The second kappa shape index (κ2) is 8.06. The second-order valence-corrected chi connectivity index (χ2v) is 5.39. The van der Waals surface area contributed by atoms with E-state index in [2.05, 4.69) is 23.8 Å². The smallest absolute Gasteiger partial charge is 0.105 e. The Kier molecular flexibility index (Phi) is 7.09. The predicted octanol–water partition coefficient (Wildman–Crippen LogP) is 2.65. The van der Waals surface area contributed by atoms with Gasteiger partial charge < -0.3 is 5.11 Å². The molecule has 3 heteroatoms. The van der Waals surface area contributed by atoms with Crippen LogP contribution in [0.3, 0.4) is 0 Å². The van der Waals surface area contributed by atoms with Gasteiger partial charge in [-0.3, -0.25) is 9.80 Å². The van der Waals surface area contributed by atoms with Gasteiger partial charge in [-0.2, -0.15) is 0 Å². The number of rotatable bonds is 8. The van der Waals surface area contributed by atoms with Crippen LogP contribution in [0.15, 0.2) is 0 Å². The van der Waals surface area contributed by atoms with Crippen molar-refractivity contribution in [3.8, 4) is 0 Å². The van der Waals surface area contributed by atoms with E-state index in [0.717, 1.165) is 13.1 Å². The molecule has 0 bridgehead atoms. The highest BCUT2D eigenvalue weighted by Crippen LogP contribution is 2.20. The summed E-state index contributed by atoms with van der Waals surface area (Å²) in [6.45, 7) is 6.24. The lowest BCUT2D eigenvalue weighted by atomic mass is 10.1. The molecule has 102 valence electrons. The van der Waals surface area contributed by atoms with Crippen LogP contribution in [0.25, 0.3) is 0 Å². The minimum absolute atomic E-state index is 0.301. The van der Waals surface area contributed by atoms with Gasteiger partial charge in [0.25, 0.3) is 0 Å². The first-order valence-electron chi connectivity index (χ1n) is 7.31. The van der Waals surface area contributed by atoms with Crippen LogP contribution in [0, 0.1) is 0 Å². The van der Waals surface area contributed by atoms with Crippen LogP contribution in [-0.4, -0.2) is 47.4 Å². The molecule has 0 aromatic heterocycles. The molecule has 1 N–H and O–H groups in total. The highest BCUT2D eigenvalue weighted by Gasteiger charge is 2.30. The molecule has 2 atom stereocenters. The topological polar surface area (TPSA) is 26.7 Å². The number of unbranched alkanes of at least 4 members (excludes halogenated alkanes) is 5. The highest BCUT2D eigenvalue weighted by molar-refractivity contribution is 4.80. The Bertz CT molecular complexity index is 197. The Morgan fingerprint density at radius 1 is 1.12 bits per heavy atom. The number of aliphatic hydroxyl groups excluding tert-OH is 1. The monoisotopic (exact) mass is 242 g/mol. The molecule has 0 aromatic rings. The lowest BCUT2D eigenvalue weighted by Crippen LogP contribution is -2.41. The molecule has 0 aromatic carbocycles. The lowest BCUT2D eigenvalue weighted by Gasteiger charge is -2.30. The van der Waals surface area contributed by atoms with E-state index in [1.807, 2.05) is 6.92 Å². The number of hydrogen-bond acceptors (Lipinski definition) is 3. The number of nitrogens with zero attached hydrogens (tertiary/aromatic N) is 2. The van der Waals surface area contributed by atoms with E-state index in [-0.39, 0.29) is 6.23 Å². The molecule has 1 heterocycles. The molecule has 0 saturated carbocycles. The maximum absolute atomic E-state index is 9.71. The van der Waals surface area contributed by atoms with E-state index in [0.29, 0.717) is 6.17 Å². The van der Waals surface area contributed by atoms with Crippen LogP contribution in [-0.2, 0) is 0 Å². The maximum atomic E-state index is 9.71. The Balaban J connectivity index is 2.15. The lowest BCUT2D eigenvalue weighted by molar-refractivity contribution is -0.0155. The third kappa shape index (κ3) is 4.94.